The van der Waals surface area contributed by atoms with Gasteiger partial charge in [-0.15, -0.1) is 0 Å². The SMILES string of the molecule is FC(=[SiH2])C(F)(F)F. The Morgan fingerprint density at radius 1 is 1.29 bits per heavy atom. The van der Waals surface area contributed by atoms with Gasteiger partial charge >= 0.3 is 6.18 Å². The van der Waals surface area contributed by atoms with Crippen LogP contribution in [0.4, 0.5) is 17.6 Å². The van der Waals surface area contributed by atoms with E-state index in [0.29, 0.717) is 0 Å². The smallest absolute Gasteiger partial charge is 0.209 e. The molecule has 0 aliphatic heterocycles. The third-order valence-corrected chi connectivity index (χ3v) is 0.708. The van der Waals surface area contributed by atoms with Gasteiger partial charge in [0, 0.05) is 9.85 Å². The minimum Gasteiger partial charge on any atom is -0.209 e. The molecule has 0 N–H and O–H groups in total. The molecule has 42 valence electrons. The highest BCUT2D eigenvalue weighted by Crippen LogP contribution is 2.15. The Morgan fingerprint density at radius 2 is 1.43 bits per heavy atom. The molecule has 0 aromatic rings. The molecule has 0 aromatic carbocycles. The van der Waals surface area contributed by atoms with Crippen LogP contribution in [0.3, 0.4) is 0 Å². The molecule has 0 bridgehead atoms. The highest BCUT2D eigenvalue weighted by atomic mass is 28.1. The molecule has 0 saturated heterocycles. The molecule has 0 saturated carbocycles. The average Bonchev–Trinajstić information content (AvgIpc) is 1.31. The summed E-state index contributed by atoms with van der Waals surface area (Å²) in [6.45, 7) is 0. The van der Waals surface area contributed by atoms with Crippen LogP contribution in [0.1, 0.15) is 0 Å². The summed E-state index contributed by atoms with van der Waals surface area (Å²) in [5.41, 5.74) is -1.98. The molecule has 0 heterocycles. The summed E-state index contributed by atoms with van der Waals surface area (Å²) >= 11 is 0. The van der Waals surface area contributed by atoms with Gasteiger partial charge in [0.05, 0.1) is 0 Å². The second kappa shape index (κ2) is 1.73. The van der Waals surface area contributed by atoms with Crippen LogP contribution in [0.2, 0.25) is 0 Å². The van der Waals surface area contributed by atoms with Crippen LogP contribution < -0.4 is 0 Å². The summed E-state index contributed by atoms with van der Waals surface area (Å²) in [5, 5.41) is 0. The van der Waals surface area contributed by atoms with E-state index in [0.717, 1.165) is 0 Å². The predicted octanol–water partition coefficient (Wildman–Crippen LogP) is 0.281. The lowest BCUT2D eigenvalue weighted by molar-refractivity contribution is -0.0646. The van der Waals surface area contributed by atoms with Gasteiger partial charge in [-0.2, -0.15) is 13.2 Å². The molecule has 0 atom stereocenters. The Labute approximate surface area is 40.2 Å². The minimum atomic E-state index is -4.74. The van der Waals surface area contributed by atoms with Crippen molar-refractivity contribution in [1.29, 1.82) is 0 Å². The largest absolute Gasteiger partial charge is 0.436 e. The molecule has 7 heavy (non-hydrogen) atoms. The van der Waals surface area contributed by atoms with E-state index in [2.05, 4.69) is 0 Å². The van der Waals surface area contributed by atoms with Crippen LogP contribution in [-0.2, 0) is 0 Å². The zero-order valence-corrected chi connectivity index (χ0v) is 4.63. The van der Waals surface area contributed by atoms with Crippen molar-refractivity contribution in [2.24, 2.45) is 0 Å². The zero-order chi connectivity index (χ0) is 6.08. The molecule has 5 heteroatoms. The van der Waals surface area contributed by atoms with Gasteiger partial charge in [-0.1, -0.05) is 0 Å². The molecule has 0 radical (unpaired) electrons. The lowest BCUT2D eigenvalue weighted by Crippen LogP contribution is -2.17. The van der Waals surface area contributed by atoms with Gasteiger partial charge in [-0.25, -0.2) is 4.39 Å². The number of alkyl halides is 3. The van der Waals surface area contributed by atoms with Crippen molar-refractivity contribution in [3.8, 4) is 0 Å². The van der Waals surface area contributed by atoms with E-state index in [-0.39, 0.29) is 9.85 Å². The van der Waals surface area contributed by atoms with Crippen LogP contribution >= 0.6 is 0 Å². The summed E-state index contributed by atoms with van der Waals surface area (Å²) in [5.74, 6) is 0. The molecule has 0 amide bonds. The van der Waals surface area contributed by atoms with Gasteiger partial charge in [0.25, 0.3) is 0 Å². The maximum atomic E-state index is 11.0. The average molecular weight is 130 g/mol. The fourth-order valence-electron chi connectivity index (χ4n) is 0. The Balaban J connectivity index is 3.79. The van der Waals surface area contributed by atoms with Crippen LogP contribution in [0.15, 0.2) is 0 Å². The van der Waals surface area contributed by atoms with Gasteiger partial charge in [0.15, 0.2) is 5.42 Å². The fourth-order valence-corrected chi connectivity index (χ4v) is 0. The van der Waals surface area contributed by atoms with Gasteiger partial charge in [-0.05, 0) is 0 Å². The first-order valence-electron chi connectivity index (χ1n) is 1.36. The first-order chi connectivity index (χ1) is 2.94. The standard InChI is InChI=1S/C2H2F4Si/c3-1(7)2(4,5)6/h7H2. The molecular weight excluding hydrogens is 128 g/mol. The second-order valence-corrected chi connectivity index (χ2v) is 1.52. The maximum Gasteiger partial charge on any atom is 0.436 e. The summed E-state index contributed by atoms with van der Waals surface area (Å²) in [6.07, 6.45) is -4.74. The van der Waals surface area contributed by atoms with Crippen molar-refractivity contribution in [2.75, 3.05) is 0 Å². The number of halogens is 4. The molecule has 0 fully saturated rings. The molecule has 0 spiro atoms. The van der Waals surface area contributed by atoms with E-state index in [1.165, 1.54) is 0 Å². The Kier molecular flexibility index (Phi) is 1.68. The van der Waals surface area contributed by atoms with E-state index in [1.807, 2.05) is 0 Å². The second-order valence-electron chi connectivity index (χ2n) is 0.903. The van der Waals surface area contributed by atoms with Crippen molar-refractivity contribution in [1.82, 2.24) is 0 Å². The van der Waals surface area contributed by atoms with E-state index >= 15 is 0 Å². The van der Waals surface area contributed by atoms with Crippen LogP contribution in [-0.4, -0.2) is 21.5 Å². The zero-order valence-electron chi connectivity index (χ0n) is 3.22. The van der Waals surface area contributed by atoms with Crippen LogP contribution in [0.25, 0.3) is 0 Å². The first kappa shape index (κ1) is 6.81. The van der Waals surface area contributed by atoms with Crippen molar-refractivity contribution in [2.45, 2.75) is 6.18 Å². The Bertz CT molecular complexity index is 82.2. The molecule has 0 aliphatic carbocycles. The molecule has 0 unspecified atom stereocenters. The molecule has 0 rings (SSSR count). The maximum absolute atomic E-state index is 11.0. The molecule has 0 aliphatic rings. The molecule has 0 aromatic heterocycles. The number of hydrogen-bond donors (Lipinski definition) is 0. The third kappa shape index (κ3) is 2.50. The molecular formula is C2H2F4Si. The number of hydrogen-bond acceptors (Lipinski definition) is 0. The Hall–Kier alpha value is -0.193. The van der Waals surface area contributed by atoms with E-state index in [4.69, 9.17) is 0 Å². The van der Waals surface area contributed by atoms with Crippen molar-refractivity contribution >= 4 is 15.3 Å². The number of rotatable bonds is 0. The van der Waals surface area contributed by atoms with Gasteiger partial charge < -0.3 is 0 Å². The summed E-state index contributed by atoms with van der Waals surface area (Å²) in [7, 11) is 0.191. The van der Waals surface area contributed by atoms with Gasteiger partial charge in [0.1, 0.15) is 0 Å². The monoisotopic (exact) mass is 130 g/mol. The van der Waals surface area contributed by atoms with Crippen molar-refractivity contribution in [3.63, 3.8) is 0 Å². The van der Waals surface area contributed by atoms with Crippen molar-refractivity contribution in [3.05, 3.63) is 0 Å². The van der Waals surface area contributed by atoms with Crippen molar-refractivity contribution < 1.29 is 17.6 Å². The normalized spacial score (nSPS) is 11.4. The lowest BCUT2D eigenvalue weighted by atomic mass is 10.7. The predicted molar refractivity (Wildman–Crippen MR) is 20.7 cm³/mol. The quantitative estimate of drug-likeness (QED) is 0.326. The van der Waals surface area contributed by atoms with Crippen LogP contribution in [0, 0.1) is 0 Å². The van der Waals surface area contributed by atoms with Crippen LogP contribution in [0.5, 0.6) is 0 Å². The Morgan fingerprint density at radius 3 is 1.43 bits per heavy atom. The van der Waals surface area contributed by atoms with E-state index < -0.39 is 11.6 Å². The van der Waals surface area contributed by atoms with Gasteiger partial charge in [-0.3, -0.25) is 0 Å². The summed E-state index contributed by atoms with van der Waals surface area (Å²) in [6, 6.07) is 0. The summed E-state index contributed by atoms with van der Waals surface area (Å²) < 4.78 is 43.3. The topological polar surface area (TPSA) is 0 Å². The lowest BCUT2D eigenvalue weighted by Gasteiger charge is -1.97. The summed E-state index contributed by atoms with van der Waals surface area (Å²) in [4.78, 5) is 0. The van der Waals surface area contributed by atoms with E-state index in [9.17, 15) is 17.6 Å². The fraction of sp³-hybridized carbons (Fsp3) is 0.500. The van der Waals surface area contributed by atoms with E-state index in [1.54, 1.807) is 0 Å². The first-order valence-corrected chi connectivity index (χ1v) is 2.07. The molecule has 0 nitrogen and oxygen atoms in total. The highest BCUT2D eigenvalue weighted by Gasteiger charge is 2.31. The highest BCUT2D eigenvalue weighted by molar-refractivity contribution is 6.36. The minimum absolute atomic E-state index is 0.191. The third-order valence-electron chi connectivity index (χ3n) is 0.308. The van der Waals surface area contributed by atoms with Gasteiger partial charge in [0.2, 0.25) is 0 Å².